The van der Waals surface area contributed by atoms with Gasteiger partial charge in [0.15, 0.2) is 11.5 Å². The van der Waals surface area contributed by atoms with E-state index in [4.69, 9.17) is 9.47 Å². The predicted molar refractivity (Wildman–Crippen MR) is 115 cm³/mol. The molecule has 2 aromatic rings. The van der Waals surface area contributed by atoms with Gasteiger partial charge in [0.2, 0.25) is 0 Å². The van der Waals surface area contributed by atoms with Gasteiger partial charge < -0.3 is 19.7 Å². The highest BCUT2D eigenvalue weighted by atomic mass is 16.5. The van der Waals surface area contributed by atoms with E-state index in [2.05, 4.69) is 22.1 Å². The Bertz CT molecular complexity index is 808. The van der Waals surface area contributed by atoms with Crippen molar-refractivity contribution in [3.05, 3.63) is 47.8 Å². The summed E-state index contributed by atoms with van der Waals surface area (Å²) >= 11 is 0. The molecule has 29 heavy (non-hydrogen) atoms. The van der Waals surface area contributed by atoms with Gasteiger partial charge in [-0.3, -0.25) is 4.79 Å². The van der Waals surface area contributed by atoms with Crippen molar-refractivity contribution in [3.8, 4) is 11.5 Å². The summed E-state index contributed by atoms with van der Waals surface area (Å²) < 4.78 is 10.6. The number of amides is 1. The molecule has 1 aromatic carbocycles. The van der Waals surface area contributed by atoms with Crippen LogP contribution in [0.4, 0.5) is 5.69 Å². The van der Waals surface area contributed by atoms with Crippen LogP contribution in [-0.2, 0) is 6.42 Å². The minimum absolute atomic E-state index is 0.150. The third-order valence-corrected chi connectivity index (χ3v) is 5.56. The lowest BCUT2D eigenvalue weighted by molar-refractivity contribution is 0.0949. The highest BCUT2D eigenvalue weighted by molar-refractivity contribution is 5.92. The van der Waals surface area contributed by atoms with E-state index < -0.39 is 0 Å². The number of nitrogens with zero attached hydrogens (tertiary/aromatic N) is 2. The van der Waals surface area contributed by atoms with E-state index in [-0.39, 0.29) is 5.91 Å². The second kappa shape index (κ2) is 10.1. The summed E-state index contributed by atoms with van der Waals surface area (Å²) in [5.74, 6) is 1.24. The maximum Gasteiger partial charge on any atom is 0.269 e. The van der Waals surface area contributed by atoms with E-state index in [1.165, 1.54) is 19.3 Å². The molecule has 1 aliphatic heterocycles. The molecule has 1 fully saturated rings. The van der Waals surface area contributed by atoms with Crippen molar-refractivity contribution in [2.75, 3.05) is 32.2 Å². The SMILES string of the molecule is CCC1CCCCN1c1ccc(C(=O)NCCc2ccc(OC)c(OC)c2)nc1. The molecule has 0 spiro atoms. The van der Waals surface area contributed by atoms with Gasteiger partial charge in [0.05, 0.1) is 26.1 Å². The molecule has 3 rings (SSSR count). The maximum atomic E-state index is 12.4. The van der Waals surface area contributed by atoms with E-state index in [1.807, 2.05) is 36.5 Å². The van der Waals surface area contributed by atoms with Crippen molar-refractivity contribution in [1.82, 2.24) is 10.3 Å². The Morgan fingerprint density at radius 1 is 1.17 bits per heavy atom. The van der Waals surface area contributed by atoms with Crippen LogP contribution in [0, 0.1) is 0 Å². The summed E-state index contributed by atoms with van der Waals surface area (Å²) in [6.07, 6.45) is 7.42. The number of ether oxygens (including phenoxy) is 2. The van der Waals surface area contributed by atoms with Crippen molar-refractivity contribution in [1.29, 1.82) is 0 Å². The van der Waals surface area contributed by atoms with Crippen LogP contribution < -0.4 is 19.7 Å². The van der Waals surface area contributed by atoms with E-state index in [9.17, 15) is 4.79 Å². The Kier molecular flexibility index (Phi) is 7.33. The molecule has 0 aliphatic carbocycles. The third-order valence-electron chi connectivity index (χ3n) is 5.56. The first-order chi connectivity index (χ1) is 14.2. The first kappa shape index (κ1) is 21.0. The van der Waals surface area contributed by atoms with Gasteiger partial charge >= 0.3 is 0 Å². The first-order valence-electron chi connectivity index (χ1n) is 10.4. The van der Waals surface area contributed by atoms with Crippen molar-refractivity contribution in [2.24, 2.45) is 0 Å². The number of methoxy groups -OCH3 is 2. The smallest absolute Gasteiger partial charge is 0.269 e. The van der Waals surface area contributed by atoms with Crippen LogP contribution in [0.15, 0.2) is 36.5 Å². The highest BCUT2D eigenvalue weighted by Gasteiger charge is 2.21. The molecule has 0 bridgehead atoms. The molecule has 2 heterocycles. The Labute approximate surface area is 173 Å². The molecule has 6 heteroatoms. The van der Waals surface area contributed by atoms with Gasteiger partial charge in [0, 0.05) is 19.1 Å². The zero-order valence-corrected chi connectivity index (χ0v) is 17.6. The maximum absolute atomic E-state index is 12.4. The summed E-state index contributed by atoms with van der Waals surface area (Å²) in [6, 6.07) is 10.2. The normalized spacial score (nSPS) is 16.4. The number of pyridine rings is 1. The van der Waals surface area contributed by atoms with E-state index >= 15 is 0 Å². The lowest BCUT2D eigenvalue weighted by atomic mass is 9.99. The van der Waals surface area contributed by atoms with Crippen molar-refractivity contribution in [2.45, 2.75) is 45.1 Å². The van der Waals surface area contributed by atoms with Gasteiger partial charge in [-0.25, -0.2) is 4.98 Å². The van der Waals surface area contributed by atoms with Crippen LogP contribution >= 0.6 is 0 Å². The van der Waals surface area contributed by atoms with Crippen molar-refractivity contribution in [3.63, 3.8) is 0 Å². The molecule has 1 saturated heterocycles. The number of anilines is 1. The number of carbonyl (C=O) groups is 1. The number of piperidine rings is 1. The molecule has 1 atom stereocenters. The van der Waals surface area contributed by atoms with Crippen LogP contribution in [0.2, 0.25) is 0 Å². The van der Waals surface area contributed by atoms with Gasteiger partial charge in [0.25, 0.3) is 5.91 Å². The fraction of sp³-hybridized carbons (Fsp3) is 0.478. The number of hydrogen-bond donors (Lipinski definition) is 1. The second-order valence-electron chi connectivity index (χ2n) is 7.35. The Morgan fingerprint density at radius 3 is 2.69 bits per heavy atom. The molecule has 6 nitrogen and oxygen atoms in total. The van der Waals surface area contributed by atoms with Gasteiger partial charge in [-0.2, -0.15) is 0 Å². The number of rotatable bonds is 8. The fourth-order valence-electron chi connectivity index (χ4n) is 3.90. The van der Waals surface area contributed by atoms with Crippen LogP contribution in [0.1, 0.15) is 48.7 Å². The zero-order valence-electron chi connectivity index (χ0n) is 17.6. The molecular weight excluding hydrogens is 366 g/mol. The quantitative estimate of drug-likeness (QED) is 0.733. The molecule has 0 saturated carbocycles. The van der Waals surface area contributed by atoms with Crippen LogP contribution in [0.5, 0.6) is 11.5 Å². The average molecular weight is 398 g/mol. The Hall–Kier alpha value is -2.76. The minimum atomic E-state index is -0.150. The number of aromatic nitrogens is 1. The lowest BCUT2D eigenvalue weighted by Gasteiger charge is -2.37. The second-order valence-corrected chi connectivity index (χ2v) is 7.35. The van der Waals surface area contributed by atoms with E-state index in [1.54, 1.807) is 14.2 Å². The van der Waals surface area contributed by atoms with Crippen LogP contribution in [0.3, 0.4) is 0 Å². The largest absolute Gasteiger partial charge is 0.493 e. The predicted octanol–water partition coefficient (Wildman–Crippen LogP) is 3.84. The Morgan fingerprint density at radius 2 is 2.00 bits per heavy atom. The fourth-order valence-corrected chi connectivity index (χ4v) is 3.90. The number of nitrogens with one attached hydrogen (secondary N) is 1. The number of benzene rings is 1. The number of hydrogen-bond acceptors (Lipinski definition) is 5. The summed E-state index contributed by atoms with van der Waals surface area (Å²) in [7, 11) is 3.23. The number of carbonyl (C=O) groups excluding carboxylic acids is 1. The van der Waals surface area contributed by atoms with Gasteiger partial charge in [0.1, 0.15) is 5.69 Å². The topological polar surface area (TPSA) is 63.7 Å². The minimum Gasteiger partial charge on any atom is -0.493 e. The third kappa shape index (κ3) is 5.19. The standard InChI is InChI=1S/C23H31N3O3/c1-4-18-7-5-6-14-26(18)19-9-10-20(25-16-19)23(27)24-13-12-17-8-11-21(28-2)22(15-17)29-3/h8-11,15-16,18H,4-7,12-14H2,1-3H3,(H,24,27). The first-order valence-corrected chi connectivity index (χ1v) is 10.4. The summed E-state index contributed by atoms with van der Waals surface area (Å²) in [6.45, 7) is 3.83. The van der Waals surface area contributed by atoms with Crippen molar-refractivity contribution < 1.29 is 14.3 Å². The van der Waals surface area contributed by atoms with Crippen molar-refractivity contribution >= 4 is 11.6 Å². The highest BCUT2D eigenvalue weighted by Crippen LogP contribution is 2.28. The molecule has 1 N–H and O–H groups in total. The van der Waals surface area contributed by atoms with Crippen LogP contribution in [-0.4, -0.2) is 44.2 Å². The molecule has 156 valence electrons. The Balaban J connectivity index is 1.54. The van der Waals surface area contributed by atoms with E-state index in [0.717, 1.165) is 24.2 Å². The molecule has 1 amide bonds. The van der Waals surface area contributed by atoms with Crippen LogP contribution in [0.25, 0.3) is 0 Å². The van der Waals surface area contributed by atoms with E-state index in [0.29, 0.717) is 36.2 Å². The molecular formula is C23H31N3O3. The summed E-state index contributed by atoms with van der Waals surface area (Å²) in [5.41, 5.74) is 2.63. The van der Waals surface area contributed by atoms with Gasteiger partial charge in [-0.15, -0.1) is 0 Å². The van der Waals surface area contributed by atoms with Gasteiger partial charge in [-0.1, -0.05) is 13.0 Å². The summed E-state index contributed by atoms with van der Waals surface area (Å²) in [5, 5.41) is 2.95. The van der Waals surface area contributed by atoms with Gasteiger partial charge in [-0.05, 0) is 61.9 Å². The lowest BCUT2D eigenvalue weighted by Crippen LogP contribution is -2.39. The average Bonchev–Trinajstić information content (AvgIpc) is 2.78. The molecule has 0 radical (unpaired) electrons. The summed E-state index contributed by atoms with van der Waals surface area (Å²) in [4.78, 5) is 19.3. The zero-order chi connectivity index (χ0) is 20.6. The molecule has 1 aromatic heterocycles. The molecule has 1 unspecified atom stereocenters. The molecule has 1 aliphatic rings. The monoisotopic (exact) mass is 397 g/mol.